The lowest BCUT2D eigenvalue weighted by atomic mass is 9.32. The zero-order valence-electron chi connectivity index (χ0n) is 27.9. The Kier molecular flexibility index (Phi) is 7.28. The van der Waals surface area contributed by atoms with E-state index in [1.807, 2.05) is 0 Å². The van der Waals surface area contributed by atoms with Gasteiger partial charge in [0.1, 0.15) is 30.5 Å². The van der Waals surface area contributed by atoms with Crippen molar-refractivity contribution in [3.63, 3.8) is 0 Å². The molecule has 7 aliphatic rings. The summed E-state index contributed by atoms with van der Waals surface area (Å²) in [5.41, 5.74) is 2.67. The number of aliphatic hydroxyl groups is 5. The molecule has 1 saturated heterocycles. The summed E-state index contributed by atoms with van der Waals surface area (Å²) in [7, 11) is 0. The third-order valence-corrected chi connectivity index (χ3v) is 16.4. The number of hydrogen-bond donors (Lipinski definition) is 5. The Morgan fingerprint density at radius 3 is 2.16 bits per heavy atom. The van der Waals surface area contributed by atoms with Crippen molar-refractivity contribution in [3.8, 4) is 0 Å². The van der Waals surface area contributed by atoms with Crippen LogP contribution in [-0.4, -0.2) is 74.5 Å². The smallest absolute Gasteiger partial charge is 0.170 e. The SMILES string of the molecule is CC1=C([C@@H]2CC[C@]3(C(=O)[C@@H]4OC(CO)[C@@H](O)C(O)C4O)CC[C@]4(C)C(CCC5[C@@]6(C)CC[C@H](O)C(C)(C)C6CC[C@]54C)C23)C1. The number of ketones is 1. The highest BCUT2D eigenvalue weighted by Gasteiger charge is 2.73. The van der Waals surface area contributed by atoms with Crippen LogP contribution in [0.15, 0.2) is 11.1 Å². The van der Waals surface area contributed by atoms with Crippen LogP contribution < -0.4 is 0 Å². The van der Waals surface area contributed by atoms with Crippen molar-refractivity contribution in [2.45, 2.75) is 149 Å². The largest absolute Gasteiger partial charge is 0.394 e. The van der Waals surface area contributed by atoms with E-state index in [0.29, 0.717) is 23.7 Å². The van der Waals surface area contributed by atoms with Gasteiger partial charge < -0.3 is 30.3 Å². The van der Waals surface area contributed by atoms with Gasteiger partial charge in [-0.1, -0.05) is 45.8 Å². The van der Waals surface area contributed by atoms with Crippen molar-refractivity contribution in [1.82, 2.24) is 0 Å². The Hall–Kier alpha value is -0.830. The van der Waals surface area contributed by atoms with E-state index in [-0.39, 0.29) is 39.5 Å². The molecule has 5 N–H and O–H groups in total. The second-order valence-corrected chi connectivity index (χ2v) is 18.0. The fraction of sp³-hybridized carbons (Fsp3) is 0.919. The summed E-state index contributed by atoms with van der Waals surface area (Å²) >= 11 is 0. The van der Waals surface area contributed by atoms with E-state index >= 15 is 0 Å². The Bertz CT molecular complexity index is 1230. The molecule has 1 aliphatic heterocycles. The number of Topliss-reactive ketones (excluding diaryl/α,β-unsaturated/α-hetero) is 1. The number of allylic oxidation sites excluding steroid dienone is 2. The minimum Gasteiger partial charge on any atom is -0.394 e. The summed E-state index contributed by atoms with van der Waals surface area (Å²) in [4.78, 5) is 14.8. The summed E-state index contributed by atoms with van der Waals surface area (Å²) in [6.07, 6.45) is 3.96. The maximum absolute atomic E-state index is 14.8. The lowest BCUT2D eigenvalue weighted by Gasteiger charge is -2.73. The highest BCUT2D eigenvalue weighted by Crippen LogP contribution is 2.78. The summed E-state index contributed by atoms with van der Waals surface area (Å²) in [6.45, 7) is 14.0. The molecule has 0 spiro atoms. The second kappa shape index (κ2) is 10.1. The van der Waals surface area contributed by atoms with Crippen LogP contribution in [0.4, 0.5) is 0 Å². The average molecular weight is 615 g/mol. The van der Waals surface area contributed by atoms with E-state index < -0.39 is 42.5 Å². The molecular formula is C37H58O7. The number of aliphatic hydroxyl groups excluding tert-OH is 5. The van der Waals surface area contributed by atoms with E-state index in [4.69, 9.17) is 4.74 Å². The minimum atomic E-state index is -1.53. The van der Waals surface area contributed by atoms with Gasteiger partial charge in [-0.2, -0.15) is 0 Å². The molecular weight excluding hydrogens is 556 g/mol. The summed E-state index contributed by atoms with van der Waals surface area (Å²) < 4.78 is 5.96. The molecule has 7 rings (SSSR count). The second-order valence-electron chi connectivity index (χ2n) is 18.0. The first-order chi connectivity index (χ1) is 20.6. The molecule has 0 radical (unpaired) electrons. The number of carbonyl (C=O) groups excluding carboxylic acids is 1. The van der Waals surface area contributed by atoms with Gasteiger partial charge in [0.25, 0.3) is 0 Å². The molecule has 7 nitrogen and oxygen atoms in total. The van der Waals surface area contributed by atoms with Gasteiger partial charge in [0.15, 0.2) is 5.78 Å². The van der Waals surface area contributed by atoms with Crippen molar-refractivity contribution in [2.24, 2.45) is 56.7 Å². The number of fused-ring (bicyclic) bond motifs is 7. The Balaban J connectivity index is 1.26. The van der Waals surface area contributed by atoms with Gasteiger partial charge in [0.2, 0.25) is 0 Å². The van der Waals surface area contributed by atoms with E-state index in [0.717, 1.165) is 70.6 Å². The molecule has 0 aromatic carbocycles. The molecule has 5 saturated carbocycles. The van der Waals surface area contributed by atoms with Gasteiger partial charge in [-0.25, -0.2) is 0 Å². The summed E-state index contributed by atoms with van der Waals surface area (Å²) in [6, 6.07) is 0. The number of carbonyl (C=O) groups is 1. The van der Waals surface area contributed by atoms with Gasteiger partial charge in [0.05, 0.1) is 12.7 Å². The summed E-state index contributed by atoms with van der Waals surface area (Å²) in [5, 5.41) is 53.1. The predicted octanol–water partition coefficient (Wildman–Crippen LogP) is 4.56. The van der Waals surface area contributed by atoms with Gasteiger partial charge >= 0.3 is 0 Å². The molecule has 0 aromatic rings. The lowest BCUT2D eigenvalue weighted by molar-refractivity contribution is -0.252. The zero-order chi connectivity index (χ0) is 31.8. The fourth-order valence-corrected chi connectivity index (χ4v) is 13.7. The maximum atomic E-state index is 14.8. The first-order valence-electron chi connectivity index (χ1n) is 17.8. The van der Waals surface area contributed by atoms with Crippen molar-refractivity contribution in [3.05, 3.63) is 11.1 Å². The molecule has 7 unspecified atom stereocenters. The number of hydrogen-bond acceptors (Lipinski definition) is 7. The third kappa shape index (κ3) is 3.92. The molecule has 0 aromatic heterocycles. The molecule has 15 atom stereocenters. The highest BCUT2D eigenvalue weighted by molar-refractivity contribution is 5.91. The number of ether oxygens (including phenoxy) is 1. The molecule has 6 fully saturated rings. The third-order valence-electron chi connectivity index (χ3n) is 16.4. The van der Waals surface area contributed by atoms with Crippen LogP contribution in [0.1, 0.15) is 112 Å². The predicted molar refractivity (Wildman–Crippen MR) is 166 cm³/mol. The maximum Gasteiger partial charge on any atom is 0.170 e. The van der Waals surface area contributed by atoms with Crippen LogP contribution in [0.2, 0.25) is 0 Å². The minimum absolute atomic E-state index is 0.0693. The lowest BCUT2D eigenvalue weighted by Crippen LogP contribution is -2.68. The van der Waals surface area contributed by atoms with Crippen molar-refractivity contribution < 1.29 is 35.1 Å². The quantitative estimate of drug-likeness (QED) is 0.294. The summed E-state index contributed by atoms with van der Waals surface area (Å²) in [5.74, 6) is 1.88. The van der Waals surface area contributed by atoms with Crippen LogP contribution in [0.25, 0.3) is 0 Å². The Labute approximate surface area is 263 Å². The Morgan fingerprint density at radius 1 is 0.795 bits per heavy atom. The molecule has 1 heterocycles. The van der Waals surface area contributed by atoms with E-state index in [1.54, 1.807) is 0 Å². The molecule has 6 aliphatic carbocycles. The standard InChI is InChI=1S/C37H58O7/c1-19-17-21(19)20-9-14-37(32(43)31-30(42)29(41)28(40)23(18-38)44-31)16-15-35(5)22(27(20)37)7-8-25-34(4)12-11-26(39)33(2,3)24(34)10-13-36(25,35)6/h20,22-31,38-42H,7-18H2,1-6H3/t20-,22?,23?,24?,25?,26-,27?,28+,29?,30?,31+,34-,35+,36+,37-/m0/s1. The average Bonchev–Trinajstić information content (AvgIpc) is 3.57. The van der Waals surface area contributed by atoms with E-state index in [2.05, 4.69) is 41.5 Å². The topological polar surface area (TPSA) is 127 Å². The highest BCUT2D eigenvalue weighted by atomic mass is 16.5. The molecule has 0 amide bonds. The number of rotatable bonds is 4. The van der Waals surface area contributed by atoms with Crippen LogP contribution in [0.5, 0.6) is 0 Å². The van der Waals surface area contributed by atoms with Crippen LogP contribution in [0.3, 0.4) is 0 Å². The van der Waals surface area contributed by atoms with Crippen molar-refractivity contribution >= 4 is 5.78 Å². The molecule has 0 bridgehead atoms. The van der Waals surface area contributed by atoms with Crippen LogP contribution in [-0.2, 0) is 9.53 Å². The van der Waals surface area contributed by atoms with Crippen molar-refractivity contribution in [2.75, 3.05) is 6.61 Å². The molecule has 44 heavy (non-hydrogen) atoms. The first-order valence-corrected chi connectivity index (χ1v) is 17.8. The van der Waals surface area contributed by atoms with E-state index in [1.165, 1.54) is 11.1 Å². The van der Waals surface area contributed by atoms with Crippen LogP contribution >= 0.6 is 0 Å². The van der Waals surface area contributed by atoms with Gasteiger partial charge in [-0.15, -0.1) is 0 Å². The fourth-order valence-electron chi connectivity index (χ4n) is 13.7. The Morgan fingerprint density at radius 2 is 1.50 bits per heavy atom. The van der Waals surface area contributed by atoms with Crippen molar-refractivity contribution in [1.29, 1.82) is 0 Å². The monoisotopic (exact) mass is 614 g/mol. The van der Waals surface area contributed by atoms with Gasteiger partial charge in [-0.3, -0.25) is 4.79 Å². The van der Waals surface area contributed by atoms with Gasteiger partial charge in [0, 0.05) is 5.41 Å². The van der Waals surface area contributed by atoms with Crippen LogP contribution in [0, 0.1) is 56.7 Å². The molecule has 248 valence electrons. The normalized spacial score (nSPS) is 56.3. The van der Waals surface area contributed by atoms with Gasteiger partial charge in [-0.05, 0) is 129 Å². The zero-order valence-corrected chi connectivity index (χ0v) is 27.9. The molecule has 7 heteroatoms. The first kappa shape index (κ1) is 31.8. The van der Waals surface area contributed by atoms with E-state index in [9.17, 15) is 30.3 Å².